The van der Waals surface area contributed by atoms with Crippen LogP contribution >= 0.6 is 11.6 Å². The van der Waals surface area contributed by atoms with Crippen LogP contribution < -0.4 is 5.32 Å². The third-order valence-corrected chi connectivity index (χ3v) is 2.93. The van der Waals surface area contributed by atoms with Gasteiger partial charge in [-0.05, 0) is 29.8 Å². The second kappa shape index (κ2) is 5.83. The number of nitrogens with one attached hydrogen (secondary N) is 1. The van der Waals surface area contributed by atoms with E-state index in [1.165, 1.54) is 18.2 Å². The summed E-state index contributed by atoms with van der Waals surface area (Å²) >= 11 is 5.56. The summed E-state index contributed by atoms with van der Waals surface area (Å²) in [5, 5.41) is 13.5. The summed E-state index contributed by atoms with van der Waals surface area (Å²) in [5.41, 5.74) is 0.365. The summed E-state index contributed by atoms with van der Waals surface area (Å²) in [6, 6.07) is 7.75. The molecule has 0 fully saturated rings. The molecular weight excluding hydrogens is 290 g/mol. The van der Waals surface area contributed by atoms with Gasteiger partial charge in [0, 0.05) is 18.3 Å². The fraction of sp³-hybridized carbons (Fsp3) is 0.0769. The molecule has 4 nitrogen and oxygen atoms in total. The lowest BCUT2D eigenvalue weighted by Gasteiger charge is -2.07. The van der Waals surface area contributed by atoms with Crippen LogP contribution in [0.3, 0.4) is 0 Å². The summed E-state index contributed by atoms with van der Waals surface area (Å²) in [6.07, 6.45) is 0. The van der Waals surface area contributed by atoms with Crippen LogP contribution in [0.15, 0.2) is 36.4 Å². The minimum Gasteiger partial charge on any atom is -0.381 e. The number of hydrogen-bond acceptors (Lipinski definition) is 3. The lowest BCUT2D eigenvalue weighted by molar-refractivity contribution is -0.387. The van der Waals surface area contributed by atoms with Crippen LogP contribution in [0.1, 0.15) is 5.56 Å². The average Bonchev–Trinajstić information content (AvgIpc) is 2.41. The summed E-state index contributed by atoms with van der Waals surface area (Å²) < 4.78 is 26.4. The Kier molecular flexibility index (Phi) is 4.14. The normalized spacial score (nSPS) is 10.3. The predicted octanol–water partition coefficient (Wildman–Crippen LogP) is 4.14. The van der Waals surface area contributed by atoms with Gasteiger partial charge in [-0.25, -0.2) is 4.39 Å². The van der Waals surface area contributed by atoms with E-state index in [-0.39, 0.29) is 11.6 Å². The fourth-order valence-electron chi connectivity index (χ4n) is 1.62. The molecule has 0 aliphatic carbocycles. The van der Waals surface area contributed by atoms with Crippen LogP contribution in [-0.2, 0) is 6.54 Å². The molecule has 0 saturated heterocycles. The second-order valence-electron chi connectivity index (χ2n) is 4.03. The van der Waals surface area contributed by atoms with Crippen molar-refractivity contribution in [2.45, 2.75) is 6.54 Å². The first-order chi connectivity index (χ1) is 9.47. The Morgan fingerprint density at radius 1 is 1.15 bits per heavy atom. The third kappa shape index (κ3) is 3.21. The Morgan fingerprint density at radius 2 is 1.90 bits per heavy atom. The molecule has 0 unspecified atom stereocenters. The molecule has 2 aromatic rings. The third-order valence-electron chi connectivity index (χ3n) is 2.62. The lowest BCUT2D eigenvalue weighted by atomic mass is 10.2. The zero-order valence-corrected chi connectivity index (χ0v) is 10.8. The first-order valence-electron chi connectivity index (χ1n) is 5.59. The standard InChI is InChI=1S/C13H9ClF2N2O2/c14-10-3-1-8(5-12(10)16)7-17-9-2-4-11(15)13(6-9)18(19)20/h1-6,17H,7H2. The summed E-state index contributed by atoms with van der Waals surface area (Å²) in [6.45, 7) is 0.233. The number of nitro benzene ring substituents is 1. The van der Waals surface area contributed by atoms with E-state index in [0.717, 1.165) is 12.1 Å². The van der Waals surface area contributed by atoms with E-state index in [9.17, 15) is 18.9 Å². The highest BCUT2D eigenvalue weighted by Crippen LogP contribution is 2.22. The molecule has 0 bridgehead atoms. The van der Waals surface area contributed by atoms with Crippen molar-refractivity contribution in [3.8, 4) is 0 Å². The highest BCUT2D eigenvalue weighted by Gasteiger charge is 2.14. The van der Waals surface area contributed by atoms with Gasteiger partial charge in [-0.15, -0.1) is 0 Å². The van der Waals surface area contributed by atoms with Crippen LogP contribution in [0, 0.1) is 21.7 Å². The number of hydrogen-bond donors (Lipinski definition) is 1. The quantitative estimate of drug-likeness (QED) is 0.682. The molecule has 104 valence electrons. The van der Waals surface area contributed by atoms with Crippen LogP contribution in [0.4, 0.5) is 20.2 Å². The Bertz CT molecular complexity index is 665. The van der Waals surface area contributed by atoms with Gasteiger partial charge in [0.1, 0.15) is 5.82 Å². The molecule has 2 aromatic carbocycles. The molecule has 0 aliphatic heterocycles. The monoisotopic (exact) mass is 298 g/mol. The molecule has 0 amide bonds. The van der Waals surface area contributed by atoms with Gasteiger partial charge in [0.25, 0.3) is 0 Å². The molecule has 0 heterocycles. The summed E-state index contributed by atoms with van der Waals surface area (Å²) in [4.78, 5) is 9.80. The SMILES string of the molecule is O=[N+]([O-])c1cc(NCc2ccc(Cl)c(F)c2)ccc1F. The predicted molar refractivity (Wildman–Crippen MR) is 71.8 cm³/mol. The highest BCUT2D eigenvalue weighted by molar-refractivity contribution is 6.30. The van der Waals surface area contributed by atoms with Crippen molar-refractivity contribution in [1.29, 1.82) is 0 Å². The van der Waals surface area contributed by atoms with Gasteiger partial charge < -0.3 is 5.32 Å². The smallest absolute Gasteiger partial charge is 0.306 e. The Morgan fingerprint density at radius 3 is 2.55 bits per heavy atom. The van der Waals surface area contributed by atoms with E-state index in [1.54, 1.807) is 6.07 Å². The first-order valence-corrected chi connectivity index (χ1v) is 5.97. The molecule has 0 aliphatic rings. The minimum absolute atomic E-state index is 0.0196. The van der Waals surface area contributed by atoms with Crippen LogP contribution in [-0.4, -0.2) is 4.92 Å². The van der Waals surface area contributed by atoms with E-state index >= 15 is 0 Å². The maximum absolute atomic E-state index is 13.2. The van der Waals surface area contributed by atoms with Crippen molar-refractivity contribution in [1.82, 2.24) is 0 Å². The van der Waals surface area contributed by atoms with Crippen molar-refractivity contribution >= 4 is 23.0 Å². The van der Waals surface area contributed by atoms with Crippen LogP contribution in [0.2, 0.25) is 5.02 Å². The number of halogens is 3. The molecular formula is C13H9ClF2N2O2. The van der Waals surface area contributed by atoms with Gasteiger partial charge in [0.15, 0.2) is 0 Å². The van der Waals surface area contributed by atoms with Gasteiger partial charge in [0.2, 0.25) is 5.82 Å². The molecule has 20 heavy (non-hydrogen) atoms. The molecule has 0 radical (unpaired) electrons. The Labute approximate surface area is 118 Å². The van der Waals surface area contributed by atoms with Crippen molar-refractivity contribution in [2.24, 2.45) is 0 Å². The van der Waals surface area contributed by atoms with E-state index in [4.69, 9.17) is 11.6 Å². The van der Waals surface area contributed by atoms with E-state index in [2.05, 4.69) is 5.32 Å². The summed E-state index contributed by atoms with van der Waals surface area (Å²) in [5.74, 6) is -1.45. The summed E-state index contributed by atoms with van der Waals surface area (Å²) in [7, 11) is 0. The van der Waals surface area contributed by atoms with Crippen molar-refractivity contribution in [3.63, 3.8) is 0 Å². The van der Waals surface area contributed by atoms with Gasteiger partial charge in [-0.2, -0.15) is 4.39 Å². The average molecular weight is 299 g/mol. The molecule has 1 N–H and O–H groups in total. The first kappa shape index (κ1) is 14.2. The van der Waals surface area contributed by atoms with E-state index in [1.807, 2.05) is 0 Å². The zero-order chi connectivity index (χ0) is 14.7. The lowest BCUT2D eigenvalue weighted by Crippen LogP contribution is -2.01. The number of benzene rings is 2. The van der Waals surface area contributed by atoms with Gasteiger partial charge in [-0.1, -0.05) is 17.7 Å². The zero-order valence-electron chi connectivity index (χ0n) is 10.1. The van der Waals surface area contributed by atoms with E-state index < -0.39 is 22.2 Å². The number of nitrogens with zero attached hydrogens (tertiary/aromatic N) is 1. The topological polar surface area (TPSA) is 55.2 Å². The van der Waals surface area contributed by atoms with Crippen LogP contribution in [0.25, 0.3) is 0 Å². The molecule has 0 saturated carbocycles. The molecule has 0 aromatic heterocycles. The molecule has 0 spiro atoms. The second-order valence-corrected chi connectivity index (χ2v) is 4.43. The van der Waals surface area contributed by atoms with E-state index in [0.29, 0.717) is 11.3 Å². The maximum atomic E-state index is 13.2. The maximum Gasteiger partial charge on any atom is 0.306 e. The van der Waals surface area contributed by atoms with Crippen molar-refractivity contribution in [3.05, 3.63) is 68.7 Å². The number of rotatable bonds is 4. The largest absolute Gasteiger partial charge is 0.381 e. The van der Waals surface area contributed by atoms with Gasteiger partial charge >= 0.3 is 5.69 Å². The fourth-order valence-corrected chi connectivity index (χ4v) is 1.73. The molecule has 0 atom stereocenters. The molecule has 2 rings (SSSR count). The number of anilines is 1. The molecule has 7 heteroatoms. The minimum atomic E-state index is -0.905. The number of nitro groups is 1. The van der Waals surface area contributed by atoms with Crippen LogP contribution in [0.5, 0.6) is 0 Å². The Balaban J connectivity index is 2.12. The van der Waals surface area contributed by atoms with Crippen molar-refractivity contribution in [2.75, 3.05) is 5.32 Å². The Hall–Kier alpha value is -2.21. The van der Waals surface area contributed by atoms with Gasteiger partial charge in [-0.3, -0.25) is 10.1 Å². The van der Waals surface area contributed by atoms with Crippen molar-refractivity contribution < 1.29 is 13.7 Å². The van der Waals surface area contributed by atoms with Gasteiger partial charge in [0.05, 0.1) is 9.95 Å². The highest BCUT2D eigenvalue weighted by atomic mass is 35.5.